The third kappa shape index (κ3) is 3.07. The van der Waals surface area contributed by atoms with E-state index in [-0.39, 0.29) is 11.8 Å². The second kappa shape index (κ2) is 7.31. The lowest BCUT2D eigenvalue weighted by Gasteiger charge is -2.23. The van der Waals surface area contributed by atoms with Gasteiger partial charge in [0.25, 0.3) is 17.7 Å². The summed E-state index contributed by atoms with van der Waals surface area (Å²) < 4.78 is 5.13. The van der Waals surface area contributed by atoms with Gasteiger partial charge in [0.15, 0.2) is 0 Å². The molecule has 1 fully saturated rings. The Morgan fingerprint density at radius 1 is 1.11 bits per heavy atom. The zero-order valence-corrected chi connectivity index (χ0v) is 15.5. The highest BCUT2D eigenvalue weighted by atomic mass is 16.5. The average Bonchev–Trinajstić information content (AvgIpc) is 3.19. The molecule has 2 aromatic rings. The van der Waals surface area contributed by atoms with E-state index in [4.69, 9.17) is 4.74 Å². The summed E-state index contributed by atoms with van der Waals surface area (Å²) in [6.45, 7) is 0.535. The minimum Gasteiger partial charge on any atom is -0.497 e. The van der Waals surface area contributed by atoms with E-state index in [9.17, 15) is 14.4 Å². The molecular weight excluding hydrogens is 356 g/mol. The van der Waals surface area contributed by atoms with Crippen molar-refractivity contribution >= 4 is 29.5 Å². The third-order valence-corrected chi connectivity index (χ3v) is 5.15. The van der Waals surface area contributed by atoms with E-state index in [0.717, 1.165) is 22.6 Å². The number of fused-ring (bicyclic) bond motifs is 2. The van der Waals surface area contributed by atoms with Gasteiger partial charge in [-0.15, -0.1) is 0 Å². The lowest BCUT2D eigenvalue weighted by molar-refractivity contribution is -0.126. The van der Waals surface area contributed by atoms with E-state index in [1.807, 2.05) is 12.1 Å². The van der Waals surface area contributed by atoms with Gasteiger partial charge in [-0.3, -0.25) is 14.4 Å². The maximum absolute atomic E-state index is 13.1. The average molecular weight is 376 g/mol. The lowest BCUT2D eigenvalue weighted by atomic mass is 10.1. The molecule has 0 aromatic heterocycles. The Kier molecular flexibility index (Phi) is 4.69. The normalized spacial score (nSPS) is 18.8. The van der Waals surface area contributed by atoms with Crippen LogP contribution in [0.5, 0.6) is 5.75 Å². The van der Waals surface area contributed by atoms with Crippen LogP contribution in [0.1, 0.15) is 28.8 Å². The van der Waals surface area contributed by atoms with Gasteiger partial charge in [-0.2, -0.15) is 0 Å². The summed E-state index contributed by atoms with van der Waals surface area (Å²) in [5, 5.41) is 0. The minimum absolute atomic E-state index is 0.194. The molecule has 4 rings (SSSR count). The number of carbonyl (C=O) groups is 3. The molecule has 2 aromatic carbocycles. The van der Waals surface area contributed by atoms with Gasteiger partial charge in [-0.05, 0) is 48.7 Å². The number of benzene rings is 2. The number of hydrogen-bond acceptors (Lipinski definition) is 4. The van der Waals surface area contributed by atoms with Crippen molar-refractivity contribution in [2.75, 3.05) is 18.6 Å². The molecule has 0 N–H and O–H groups in total. The summed E-state index contributed by atoms with van der Waals surface area (Å²) in [7, 11) is 1.59. The van der Waals surface area contributed by atoms with Gasteiger partial charge in [-0.1, -0.05) is 24.3 Å². The van der Waals surface area contributed by atoms with Crippen molar-refractivity contribution < 1.29 is 19.1 Å². The number of para-hydroxylation sites is 1. The molecular formula is C22H20N2O4. The molecule has 0 saturated carbocycles. The molecule has 142 valence electrons. The van der Waals surface area contributed by atoms with Crippen LogP contribution in [0.4, 0.5) is 5.69 Å². The fourth-order valence-corrected chi connectivity index (χ4v) is 3.72. The quantitative estimate of drug-likeness (QED) is 0.773. The highest BCUT2D eigenvalue weighted by Gasteiger charge is 2.43. The zero-order chi connectivity index (χ0) is 19.7. The number of imide groups is 1. The van der Waals surface area contributed by atoms with Gasteiger partial charge >= 0.3 is 0 Å². The highest BCUT2D eigenvalue weighted by Crippen LogP contribution is 2.32. The molecule has 1 saturated heterocycles. The Morgan fingerprint density at radius 3 is 2.61 bits per heavy atom. The smallest absolute Gasteiger partial charge is 0.257 e. The Hall–Kier alpha value is -3.41. The summed E-state index contributed by atoms with van der Waals surface area (Å²) in [5.74, 6) is -0.282. The first-order valence-electron chi connectivity index (χ1n) is 9.20. The summed E-state index contributed by atoms with van der Waals surface area (Å²) in [6, 6.07) is 13.4. The van der Waals surface area contributed by atoms with Crippen LogP contribution in [0.2, 0.25) is 0 Å². The summed E-state index contributed by atoms with van der Waals surface area (Å²) in [6.07, 6.45) is 4.35. The Morgan fingerprint density at radius 2 is 1.86 bits per heavy atom. The van der Waals surface area contributed by atoms with E-state index in [1.165, 1.54) is 6.08 Å². The van der Waals surface area contributed by atoms with Gasteiger partial charge in [0, 0.05) is 12.6 Å². The molecule has 0 spiro atoms. The number of nitrogens with zero attached hydrogens (tertiary/aromatic N) is 2. The predicted molar refractivity (Wildman–Crippen MR) is 105 cm³/mol. The highest BCUT2D eigenvalue weighted by molar-refractivity contribution is 6.25. The predicted octanol–water partition coefficient (Wildman–Crippen LogP) is 2.89. The summed E-state index contributed by atoms with van der Waals surface area (Å²) >= 11 is 0. The standard InChI is InChI=1S/C22H20N2O4/c1-28-16-11-8-15(9-12-16)10-13-20(25)24-18-6-3-2-5-17(18)21(26)23-14-4-7-19(23)22(24)27/h2-3,5-6,8-13,19H,4,7,14H2,1H3/b13-10+/t19-/m0/s1. The maximum atomic E-state index is 13.1. The van der Waals surface area contributed by atoms with E-state index >= 15 is 0 Å². The summed E-state index contributed by atoms with van der Waals surface area (Å²) in [5.41, 5.74) is 1.53. The SMILES string of the molecule is COc1ccc(/C=C/C(=O)N2C(=O)[C@@H]3CCCN3C(=O)c3ccccc32)cc1. The van der Waals surface area contributed by atoms with Gasteiger partial charge in [-0.25, -0.2) is 4.90 Å². The second-order valence-electron chi connectivity index (χ2n) is 6.79. The molecule has 0 unspecified atom stereocenters. The molecule has 2 aliphatic rings. The van der Waals surface area contributed by atoms with Crippen molar-refractivity contribution in [1.29, 1.82) is 0 Å². The van der Waals surface area contributed by atoms with Crippen LogP contribution < -0.4 is 9.64 Å². The van der Waals surface area contributed by atoms with Crippen LogP contribution in [-0.4, -0.2) is 42.3 Å². The number of carbonyl (C=O) groups excluding carboxylic acids is 3. The lowest BCUT2D eigenvalue weighted by Crippen LogP contribution is -2.46. The van der Waals surface area contributed by atoms with Gasteiger partial charge in [0.1, 0.15) is 11.8 Å². The van der Waals surface area contributed by atoms with Crippen molar-refractivity contribution in [3.8, 4) is 5.75 Å². The van der Waals surface area contributed by atoms with E-state index < -0.39 is 11.9 Å². The number of rotatable bonds is 3. The topological polar surface area (TPSA) is 66.9 Å². The van der Waals surface area contributed by atoms with Crippen LogP contribution in [0.25, 0.3) is 6.08 Å². The number of hydrogen-bond donors (Lipinski definition) is 0. The summed E-state index contributed by atoms with van der Waals surface area (Å²) in [4.78, 5) is 41.7. The second-order valence-corrected chi connectivity index (χ2v) is 6.79. The van der Waals surface area contributed by atoms with Gasteiger partial charge in [0.2, 0.25) is 0 Å². The molecule has 6 nitrogen and oxygen atoms in total. The molecule has 0 radical (unpaired) electrons. The van der Waals surface area contributed by atoms with E-state index in [1.54, 1.807) is 54.5 Å². The van der Waals surface area contributed by atoms with Crippen molar-refractivity contribution in [2.45, 2.75) is 18.9 Å². The first kappa shape index (κ1) is 18.0. The molecule has 28 heavy (non-hydrogen) atoms. The Labute approximate surface area is 163 Å². The fraction of sp³-hybridized carbons (Fsp3) is 0.227. The molecule has 2 heterocycles. The first-order valence-corrected chi connectivity index (χ1v) is 9.20. The number of amides is 3. The van der Waals surface area contributed by atoms with Crippen LogP contribution in [-0.2, 0) is 9.59 Å². The van der Waals surface area contributed by atoms with E-state index in [2.05, 4.69) is 0 Å². The largest absolute Gasteiger partial charge is 0.497 e. The van der Waals surface area contributed by atoms with E-state index in [0.29, 0.717) is 24.2 Å². The third-order valence-electron chi connectivity index (χ3n) is 5.15. The van der Waals surface area contributed by atoms with Crippen molar-refractivity contribution in [1.82, 2.24) is 4.90 Å². The Bertz CT molecular complexity index is 965. The molecule has 0 bridgehead atoms. The van der Waals surface area contributed by atoms with Gasteiger partial charge < -0.3 is 9.64 Å². The van der Waals surface area contributed by atoms with Crippen molar-refractivity contribution in [3.63, 3.8) is 0 Å². The molecule has 3 amide bonds. The molecule has 2 aliphatic heterocycles. The number of anilines is 1. The molecule has 6 heteroatoms. The van der Waals surface area contributed by atoms with Crippen molar-refractivity contribution in [2.24, 2.45) is 0 Å². The van der Waals surface area contributed by atoms with Crippen molar-refractivity contribution in [3.05, 3.63) is 65.7 Å². The zero-order valence-electron chi connectivity index (χ0n) is 15.5. The number of methoxy groups -OCH3 is 1. The first-order chi connectivity index (χ1) is 13.6. The van der Waals surface area contributed by atoms with Crippen LogP contribution in [0.3, 0.4) is 0 Å². The number of ether oxygens (including phenoxy) is 1. The molecule has 0 aliphatic carbocycles. The minimum atomic E-state index is -0.585. The van der Waals surface area contributed by atoms with Gasteiger partial charge in [0.05, 0.1) is 18.4 Å². The van der Waals surface area contributed by atoms with Crippen LogP contribution in [0, 0.1) is 0 Å². The van der Waals surface area contributed by atoms with Crippen LogP contribution in [0.15, 0.2) is 54.6 Å². The molecule has 1 atom stereocenters. The maximum Gasteiger partial charge on any atom is 0.257 e. The fourth-order valence-electron chi connectivity index (χ4n) is 3.72. The van der Waals surface area contributed by atoms with Crippen LogP contribution >= 0.6 is 0 Å². The Balaban J connectivity index is 1.68. The monoisotopic (exact) mass is 376 g/mol.